The molecule has 6 N–H and O–H groups in total. The summed E-state index contributed by atoms with van der Waals surface area (Å²) in [4.78, 5) is 46.4. The van der Waals surface area contributed by atoms with E-state index in [0.29, 0.717) is 36.7 Å². The third kappa shape index (κ3) is 7.15. The first-order valence-electron chi connectivity index (χ1n) is 12.1. The zero-order valence-electron chi connectivity index (χ0n) is 20.8. The summed E-state index contributed by atoms with van der Waals surface area (Å²) >= 11 is 0. The number of nitrogens with zero attached hydrogens (tertiary/aromatic N) is 3. The van der Waals surface area contributed by atoms with Gasteiger partial charge in [0.2, 0.25) is 11.9 Å². The standard InChI is InChI=1S/C26H29FN8O3/c1-16(36)31-20-5-2-6-21(12-20)32-25-30-14-22(23(28)37)24(34-25)29-13-17-4-3-11-35(15-17)26(38)33-19-9-7-18(27)8-10-19/h2,5-10,12,14,17H,3-4,11,13,15H2,1H3,(H2,28,37)(H,31,36)(H,33,38)(H2,29,30,32,34). The molecule has 38 heavy (non-hydrogen) atoms. The number of benzene rings is 2. The van der Waals surface area contributed by atoms with Gasteiger partial charge in [-0.3, -0.25) is 9.59 Å². The SMILES string of the molecule is CC(=O)Nc1cccc(Nc2ncc(C(N)=O)c(NCC3CCCN(C(=O)Nc4ccc(F)cc4)C3)n2)c1. The lowest BCUT2D eigenvalue weighted by Gasteiger charge is -2.33. The molecule has 2 heterocycles. The molecule has 1 fully saturated rings. The van der Waals surface area contributed by atoms with Gasteiger partial charge in [-0.2, -0.15) is 4.98 Å². The highest BCUT2D eigenvalue weighted by atomic mass is 19.1. The fourth-order valence-electron chi connectivity index (χ4n) is 4.16. The number of piperidine rings is 1. The van der Waals surface area contributed by atoms with Crippen LogP contribution in [0.2, 0.25) is 0 Å². The molecule has 0 aliphatic carbocycles. The van der Waals surface area contributed by atoms with Crippen molar-refractivity contribution >= 4 is 46.7 Å². The van der Waals surface area contributed by atoms with E-state index in [1.54, 1.807) is 29.2 Å². The number of hydrogen-bond donors (Lipinski definition) is 5. The molecule has 1 aromatic heterocycles. The van der Waals surface area contributed by atoms with Crippen molar-refractivity contribution in [3.05, 3.63) is 66.1 Å². The minimum atomic E-state index is -0.671. The Hall–Kier alpha value is -4.74. The fourth-order valence-corrected chi connectivity index (χ4v) is 4.16. The minimum absolute atomic E-state index is 0.101. The first-order chi connectivity index (χ1) is 18.3. The number of carbonyl (C=O) groups excluding carboxylic acids is 3. The molecule has 12 heteroatoms. The van der Waals surface area contributed by atoms with Gasteiger partial charge in [0, 0.05) is 49.8 Å². The molecule has 1 aliphatic heterocycles. The van der Waals surface area contributed by atoms with Crippen LogP contribution in [0.25, 0.3) is 0 Å². The smallest absolute Gasteiger partial charge is 0.321 e. The van der Waals surface area contributed by atoms with E-state index in [2.05, 4.69) is 31.2 Å². The molecule has 198 valence electrons. The fraction of sp³-hybridized carbons (Fsp3) is 0.269. The number of rotatable bonds is 8. The van der Waals surface area contributed by atoms with Gasteiger partial charge in [0.15, 0.2) is 0 Å². The molecule has 3 aromatic rings. The normalized spacial score (nSPS) is 14.9. The highest BCUT2D eigenvalue weighted by Crippen LogP contribution is 2.22. The maximum Gasteiger partial charge on any atom is 0.321 e. The number of likely N-dealkylation sites (tertiary alicyclic amines) is 1. The minimum Gasteiger partial charge on any atom is -0.369 e. The molecule has 1 unspecified atom stereocenters. The average molecular weight is 521 g/mol. The molecule has 1 atom stereocenters. The van der Waals surface area contributed by atoms with E-state index >= 15 is 0 Å². The molecule has 1 saturated heterocycles. The Morgan fingerprint density at radius 1 is 1.08 bits per heavy atom. The Morgan fingerprint density at radius 3 is 2.58 bits per heavy atom. The number of hydrogen-bond acceptors (Lipinski definition) is 7. The van der Waals surface area contributed by atoms with Crippen molar-refractivity contribution in [2.45, 2.75) is 19.8 Å². The maximum absolute atomic E-state index is 13.1. The van der Waals surface area contributed by atoms with Gasteiger partial charge in [-0.15, -0.1) is 0 Å². The second-order valence-corrected chi connectivity index (χ2v) is 8.98. The van der Waals surface area contributed by atoms with Gasteiger partial charge >= 0.3 is 6.03 Å². The highest BCUT2D eigenvalue weighted by Gasteiger charge is 2.24. The molecule has 1 aliphatic rings. The lowest BCUT2D eigenvalue weighted by Crippen LogP contribution is -2.44. The molecule has 4 rings (SSSR count). The van der Waals surface area contributed by atoms with Crippen molar-refractivity contribution in [2.75, 3.05) is 40.9 Å². The van der Waals surface area contributed by atoms with Crippen LogP contribution in [0.3, 0.4) is 0 Å². The number of urea groups is 1. The monoisotopic (exact) mass is 520 g/mol. The topological polar surface area (TPSA) is 154 Å². The Balaban J connectivity index is 1.40. The quantitative estimate of drug-likeness (QED) is 0.303. The summed E-state index contributed by atoms with van der Waals surface area (Å²) < 4.78 is 13.1. The van der Waals surface area contributed by atoms with E-state index < -0.39 is 5.91 Å². The van der Waals surface area contributed by atoms with Gasteiger partial charge in [0.25, 0.3) is 5.91 Å². The van der Waals surface area contributed by atoms with E-state index in [1.807, 2.05) is 0 Å². The summed E-state index contributed by atoms with van der Waals surface area (Å²) in [5, 5.41) is 11.8. The molecule has 4 amide bonds. The molecule has 11 nitrogen and oxygen atoms in total. The third-order valence-corrected chi connectivity index (χ3v) is 5.95. The predicted molar refractivity (Wildman–Crippen MR) is 143 cm³/mol. The van der Waals surface area contributed by atoms with Crippen molar-refractivity contribution < 1.29 is 18.8 Å². The lowest BCUT2D eigenvalue weighted by molar-refractivity contribution is -0.114. The molecular formula is C26H29FN8O3. The van der Waals surface area contributed by atoms with Gasteiger partial charge in [-0.1, -0.05) is 6.07 Å². The van der Waals surface area contributed by atoms with Crippen LogP contribution in [0.1, 0.15) is 30.1 Å². The average Bonchev–Trinajstić information content (AvgIpc) is 2.89. The van der Waals surface area contributed by atoms with Gasteiger partial charge in [0.1, 0.15) is 11.6 Å². The third-order valence-electron chi connectivity index (χ3n) is 5.95. The van der Waals surface area contributed by atoms with E-state index in [4.69, 9.17) is 5.73 Å². The second kappa shape index (κ2) is 12.0. The van der Waals surface area contributed by atoms with Gasteiger partial charge in [-0.25, -0.2) is 14.2 Å². The molecule has 2 aromatic carbocycles. The van der Waals surface area contributed by atoms with E-state index in [9.17, 15) is 18.8 Å². The summed E-state index contributed by atoms with van der Waals surface area (Å²) in [6, 6.07) is 12.4. The maximum atomic E-state index is 13.1. The Kier molecular flexibility index (Phi) is 8.31. The molecule has 0 radical (unpaired) electrons. The van der Waals surface area contributed by atoms with Crippen LogP contribution in [-0.2, 0) is 4.79 Å². The number of anilines is 5. The van der Waals surface area contributed by atoms with Crippen molar-refractivity contribution in [1.82, 2.24) is 14.9 Å². The summed E-state index contributed by atoms with van der Waals surface area (Å²) in [5.74, 6) is -0.615. The highest BCUT2D eigenvalue weighted by molar-refractivity contribution is 5.97. The van der Waals surface area contributed by atoms with Crippen molar-refractivity contribution in [1.29, 1.82) is 0 Å². The Bertz CT molecular complexity index is 1320. The summed E-state index contributed by atoms with van der Waals surface area (Å²) in [6.07, 6.45) is 3.04. The number of halogens is 1. The van der Waals surface area contributed by atoms with Crippen LogP contribution in [0.4, 0.5) is 38.0 Å². The largest absolute Gasteiger partial charge is 0.369 e. The molecule has 0 spiro atoms. The van der Waals surface area contributed by atoms with Crippen LogP contribution < -0.4 is 27.0 Å². The second-order valence-electron chi connectivity index (χ2n) is 8.98. The van der Waals surface area contributed by atoms with Crippen LogP contribution in [-0.4, -0.2) is 52.3 Å². The van der Waals surface area contributed by atoms with Gasteiger partial charge in [-0.05, 0) is 61.2 Å². The Morgan fingerprint density at radius 2 is 1.84 bits per heavy atom. The van der Waals surface area contributed by atoms with E-state index in [1.165, 1.54) is 37.4 Å². The number of carbonyl (C=O) groups is 3. The molecule has 0 bridgehead atoms. The zero-order chi connectivity index (χ0) is 27.1. The number of nitrogens with two attached hydrogens (primary N) is 1. The van der Waals surface area contributed by atoms with Crippen LogP contribution >= 0.6 is 0 Å². The van der Waals surface area contributed by atoms with Crippen LogP contribution in [0, 0.1) is 11.7 Å². The Labute approximate surface area is 219 Å². The van der Waals surface area contributed by atoms with Gasteiger partial charge in [0.05, 0.1) is 5.56 Å². The first-order valence-corrected chi connectivity index (χ1v) is 12.1. The van der Waals surface area contributed by atoms with E-state index in [-0.39, 0.29) is 41.0 Å². The predicted octanol–water partition coefficient (Wildman–Crippen LogP) is 3.77. The number of aromatic nitrogens is 2. The summed E-state index contributed by atoms with van der Waals surface area (Å²) in [7, 11) is 0. The number of nitrogens with one attached hydrogen (secondary N) is 4. The van der Waals surface area contributed by atoms with Crippen LogP contribution in [0.15, 0.2) is 54.7 Å². The summed E-state index contributed by atoms with van der Waals surface area (Å²) in [5.41, 5.74) is 7.45. The molecular weight excluding hydrogens is 491 g/mol. The van der Waals surface area contributed by atoms with Crippen molar-refractivity contribution in [3.8, 4) is 0 Å². The lowest BCUT2D eigenvalue weighted by atomic mass is 9.98. The van der Waals surface area contributed by atoms with Gasteiger partial charge < -0.3 is 31.9 Å². The van der Waals surface area contributed by atoms with E-state index in [0.717, 1.165) is 12.8 Å². The number of amides is 4. The number of primary amides is 1. The zero-order valence-corrected chi connectivity index (χ0v) is 20.8. The van der Waals surface area contributed by atoms with Crippen molar-refractivity contribution in [3.63, 3.8) is 0 Å². The summed E-state index contributed by atoms with van der Waals surface area (Å²) in [6.45, 7) is 2.98. The molecule has 0 saturated carbocycles. The van der Waals surface area contributed by atoms with Crippen molar-refractivity contribution in [2.24, 2.45) is 11.7 Å². The van der Waals surface area contributed by atoms with Crippen LogP contribution in [0.5, 0.6) is 0 Å². The first kappa shape index (κ1) is 26.3.